The Labute approximate surface area is 104 Å². The van der Waals surface area contributed by atoms with E-state index in [-0.39, 0.29) is 10.9 Å². The first-order valence-electron chi connectivity index (χ1n) is 4.77. The number of aromatic nitrogens is 2. The molecule has 0 aliphatic rings. The standard InChI is InChI=1S/C11H8BrF3N2/c12-6-8-1-2-9(17-4-3-16-7-17)5-10(8)11(13,14)15/h1-5,7H,6H2. The van der Waals surface area contributed by atoms with Crippen LogP contribution in [-0.2, 0) is 11.5 Å². The summed E-state index contributed by atoms with van der Waals surface area (Å²) in [6, 6.07) is 4.22. The van der Waals surface area contributed by atoms with Gasteiger partial charge in [0.1, 0.15) is 0 Å². The molecule has 0 atom stereocenters. The molecule has 17 heavy (non-hydrogen) atoms. The van der Waals surface area contributed by atoms with Crippen molar-refractivity contribution < 1.29 is 13.2 Å². The number of imidazole rings is 1. The Hall–Kier alpha value is -1.30. The van der Waals surface area contributed by atoms with E-state index in [0.717, 1.165) is 6.07 Å². The van der Waals surface area contributed by atoms with Gasteiger partial charge in [-0.1, -0.05) is 22.0 Å². The number of hydrogen-bond acceptors (Lipinski definition) is 1. The molecule has 1 heterocycles. The molecule has 0 saturated carbocycles. The smallest absolute Gasteiger partial charge is 0.306 e. The van der Waals surface area contributed by atoms with Crippen LogP contribution in [0.4, 0.5) is 13.2 Å². The Morgan fingerprint density at radius 2 is 2.06 bits per heavy atom. The number of rotatable bonds is 2. The lowest BCUT2D eigenvalue weighted by Gasteiger charge is -2.13. The highest BCUT2D eigenvalue weighted by molar-refractivity contribution is 9.08. The second-order valence-electron chi connectivity index (χ2n) is 3.44. The van der Waals surface area contributed by atoms with Crippen LogP contribution in [0.25, 0.3) is 5.69 Å². The maximum Gasteiger partial charge on any atom is 0.416 e. The van der Waals surface area contributed by atoms with Gasteiger partial charge in [0, 0.05) is 23.4 Å². The Kier molecular flexibility index (Phi) is 3.24. The molecular weight excluding hydrogens is 297 g/mol. The minimum atomic E-state index is -4.35. The van der Waals surface area contributed by atoms with E-state index in [0.29, 0.717) is 5.69 Å². The number of nitrogens with zero attached hydrogens (tertiary/aromatic N) is 2. The minimum Gasteiger partial charge on any atom is -0.306 e. The van der Waals surface area contributed by atoms with Gasteiger partial charge in [-0.2, -0.15) is 13.2 Å². The van der Waals surface area contributed by atoms with Gasteiger partial charge in [-0.25, -0.2) is 4.98 Å². The number of alkyl halides is 4. The summed E-state index contributed by atoms with van der Waals surface area (Å²) in [4.78, 5) is 3.81. The average molecular weight is 305 g/mol. The maximum absolute atomic E-state index is 12.8. The van der Waals surface area contributed by atoms with Gasteiger partial charge >= 0.3 is 6.18 Å². The largest absolute Gasteiger partial charge is 0.416 e. The highest BCUT2D eigenvalue weighted by Gasteiger charge is 2.33. The predicted molar refractivity (Wildman–Crippen MR) is 61.2 cm³/mol. The van der Waals surface area contributed by atoms with Crippen LogP contribution in [0.15, 0.2) is 36.9 Å². The van der Waals surface area contributed by atoms with Crippen molar-refractivity contribution in [3.63, 3.8) is 0 Å². The zero-order chi connectivity index (χ0) is 12.5. The summed E-state index contributed by atoms with van der Waals surface area (Å²) in [6.45, 7) is 0. The van der Waals surface area contributed by atoms with Crippen LogP contribution in [0.5, 0.6) is 0 Å². The molecule has 2 nitrogen and oxygen atoms in total. The van der Waals surface area contributed by atoms with Gasteiger partial charge in [-0.15, -0.1) is 0 Å². The highest BCUT2D eigenvalue weighted by Crippen LogP contribution is 2.34. The lowest BCUT2D eigenvalue weighted by Crippen LogP contribution is -2.09. The third-order valence-electron chi connectivity index (χ3n) is 2.35. The van der Waals surface area contributed by atoms with Crippen molar-refractivity contribution in [3.05, 3.63) is 48.0 Å². The fourth-order valence-corrected chi connectivity index (χ4v) is 2.01. The van der Waals surface area contributed by atoms with E-state index in [1.807, 2.05) is 0 Å². The van der Waals surface area contributed by atoms with Crippen molar-refractivity contribution in [2.24, 2.45) is 0 Å². The number of hydrogen-bond donors (Lipinski definition) is 0. The van der Waals surface area contributed by atoms with Crippen LogP contribution in [0.1, 0.15) is 11.1 Å². The van der Waals surface area contributed by atoms with E-state index >= 15 is 0 Å². The SMILES string of the molecule is FC(F)(F)c1cc(-n2ccnc2)ccc1CBr. The molecule has 2 aromatic rings. The zero-order valence-corrected chi connectivity index (χ0v) is 10.2. The molecule has 0 aliphatic heterocycles. The fraction of sp³-hybridized carbons (Fsp3) is 0.182. The van der Waals surface area contributed by atoms with Crippen molar-refractivity contribution >= 4 is 15.9 Å². The van der Waals surface area contributed by atoms with Crippen LogP contribution < -0.4 is 0 Å². The van der Waals surface area contributed by atoms with E-state index in [1.54, 1.807) is 12.3 Å². The van der Waals surface area contributed by atoms with Crippen molar-refractivity contribution in [2.75, 3.05) is 0 Å². The molecule has 0 N–H and O–H groups in total. The molecule has 0 aliphatic carbocycles. The van der Waals surface area contributed by atoms with Crippen LogP contribution >= 0.6 is 15.9 Å². The Balaban J connectivity index is 2.53. The second-order valence-corrected chi connectivity index (χ2v) is 4.00. The molecule has 0 amide bonds. The van der Waals surface area contributed by atoms with Crippen molar-refractivity contribution in [1.29, 1.82) is 0 Å². The molecule has 0 fully saturated rings. The first-order valence-corrected chi connectivity index (χ1v) is 5.89. The summed E-state index contributed by atoms with van der Waals surface area (Å²) >= 11 is 3.05. The molecule has 0 radical (unpaired) electrons. The average Bonchev–Trinajstić information content (AvgIpc) is 2.80. The minimum absolute atomic E-state index is 0.173. The predicted octanol–water partition coefficient (Wildman–Crippen LogP) is 3.79. The van der Waals surface area contributed by atoms with Crippen LogP contribution in [0.2, 0.25) is 0 Å². The Morgan fingerprint density at radius 1 is 1.29 bits per heavy atom. The molecule has 2 rings (SSSR count). The van der Waals surface area contributed by atoms with Crippen LogP contribution in [-0.4, -0.2) is 9.55 Å². The van der Waals surface area contributed by atoms with Crippen molar-refractivity contribution in [1.82, 2.24) is 9.55 Å². The molecule has 90 valence electrons. The third-order valence-corrected chi connectivity index (χ3v) is 2.95. The number of halogens is 4. The monoisotopic (exact) mass is 304 g/mol. The molecule has 1 aromatic heterocycles. The first-order chi connectivity index (χ1) is 8.02. The van der Waals surface area contributed by atoms with E-state index < -0.39 is 11.7 Å². The van der Waals surface area contributed by atoms with Gasteiger partial charge in [0.05, 0.1) is 11.9 Å². The molecule has 0 spiro atoms. The Bertz CT molecular complexity index is 506. The highest BCUT2D eigenvalue weighted by atomic mass is 79.9. The molecule has 0 bridgehead atoms. The van der Waals surface area contributed by atoms with Crippen molar-refractivity contribution in [3.8, 4) is 5.69 Å². The fourth-order valence-electron chi connectivity index (χ4n) is 1.52. The third kappa shape index (κ3) is 2.52. The lowest BCUT2D eigenvalue weighted by atomic mass is 10.1. The van der Waals surface area contributed by atoms with Gasteiger partial charge in [-0.3, -0.25) is 0 Å². The van der Waals surface area contributed by atoms with Gasteiger partial charge in [0.2, 0.25) is 0 Å². The van der Waals surface area contributed by atoms with Crippen LogP contribution in [0.3, 0.4) is 0 Å². The quantitative estimate of drug-likeness (QED) is 0.772. The summed E-state index contributed by atoms with van der Waals surface area (Å²) in [5.74, 6) is 0. The van der Waals surface area contributed by atoms with Crippen LogP contribution in [0, 0.1) is 0 Å². The summed E-state index contributed by atoms with van der Waals surface area (Å²) in [7, 11) is 0. The number of benzene rings is 1. The molecule has 6 heteroatoms. The lowest BCUT2D eigenvalue weighted by molar-refractivity contribution is -0.138. The van der Waals surface area contributed by atoms with E-state index in [4.69, 9.17) is 0 Å². The Morgan fingerprint density at radius 3 is 2.59 bits per heavy atom. The van der Waals surface area contributed by atoms with Gasteiger partial charge < -0.3 is 4.57 Å². The zero-order valence-electron chi connectivity index (χ0n) is 8.58. The van der Waals surface area contributed by atoms with Gasteiger partial charge in [0.25, 0.3) is 0 Å². The van der Waals surface area contributed by atoms with Gasteiger partial charge in [-0.05, 0) is 17.7 Å². The van der Waals surface area contributed by atoms with E-state index in [2.05, 4.69) is 20.9 Å². The maximum atomic E-state index is 12.8. The normalized spacial score (nSPS) is 11.8. The topological polar surface area (TPSA) is 17.8 Å². The summed E-state index contributed by atoms with van der Waals surface area (Å²) in [5.41, 5.74) is 0.0430. The summed E-state index contributed by atoms with van der Waals surface area (Å²) in [6.07, 6.45) is 0.234. The van der Waals surface area contributed by atoms with Gasteiger partial charge in [0.15, 0.2) is 0 Å². The van der Waals surface area contributed by atoms with Crippen molar-refractivity contribution in [2.45, 2.75) is 11.5 Å². The molecule has 0 unspecified atom stereocenters. The summed E-state index contributed by atoms with van der Waals surface area (Å²) < 4.78 is 40.0. The van der Waals surface area contributed by atoms with E-state index in [1.165, 1.54) is 23.2 Å². The van der Waals surface area contributed by atoms with E-state index in [9.17, 15) is 13.2 Å². The molecular formula is C11H8BrF3N2. The summed E-state index contributed by atoms with van der Waals surface area (Å²) in [5, 5.41) is 0.173. The molecule has 0 saturated heterocycles. The second kappa shape index (κ2) is 4.52. The molecule has 1 aromatic carbocycles. The first kappa shape index (κ1) is 12.2.